The van der Waals surface area contributed by atoms with Crippen molar-refractivity contribution in [2.45, 2.75) is 6.92 Å². The number of benzene rings is 2. The third kappa shape index (κ3) is 3.92. The molecule has 1 N–H and O–H groups in total. The largest absolute Gasteiger partial charge is 1.00 e. The Morgan fingerprint density at radius 1 is 0.941 bits per heavy atom. The number of anilines is 2. The Labute approximate surface area is 215 Å². The van der Waals surface area contributed by atoms with Crippen molar-refractivity contribution in [2.24, 2.45) is 0 Å². The van der Waals surface area contributed by atoms with Gasteiger partial charge in [0.1, 0.15) is 11.5 Å². The van der Waals surface area contributed by atoms with E-state index in [0.717, 1.165) is 4.90 Å². The van der Waals surface area contributed by atoms with Gasteiger partial charge >= 0.3 is 29.6 Å². The number of carbonyl (C=O) groups is 4. The zero-order valence-electron chi connectivity index (χ0n) is 18.2. The molecule has 0 fully saturated rings. The van der Waals surface area contributed by atoms with Crippen LogP contribution in [-0.2, 0) is 14.4 Å². The van der Waals surface area contributed by atoms with Gasteiger partial charge < -0.3 is 19.6 Å². The van der Waals surface area contributed by atoms with Crippen LogP contribution in [-0.4, -0.2) is 23.7 Å². The minimum absolute atomic E-state index is 0. The van der Waals surface area contributed by atoms with Crippen molar-refractivity contribution in [2.75, 3.05) is 10.2 Å². The zero-order chi connectivity index (χ0) is 23.3. The number of amides is 3. The van der Waals surface area contributed by atoms with Crippen molar-refractivity contribution >= 4 is 58.4 Å². The van der Waals surface area contributed by atoms with Crippen molar-refractivity contribution in [3.05, 3.63) is 82.8 Å². The van der Waals surface area contributed by atoms with Gasteiger partial charge in [0.2, 0.25) is 5.91 Å². The van der Waals surface area contributed by atoms with Crippen LogP contribution in [0.15, 0.2) is 59.0 Å². The van der Waals surface area contributed by atoms with Gasteiger partial charge in [-0.1, -0.05) is 30.3 Å². The Morgan fingerprint density at radius 2 is 1.62 bits per heavy atom. The van der Waals surface area contributed by atoms with Crippen molar-refractivity contribution in [1.29, 1.82) is 0 Å². The molecule has 2 aromatic carbocycles. The minimum Gasteiger partial charge on any atom is -0.545 e. The maximum atomic E-state index is 12.8. The SMILES string of the molecule is CC(=O)N1C(=O)/C(=C/c2ccc(/C=C3/C(=O)Nc4cc(C(=O)[O-])ccc43)o2)c2ccccc21.[Na+]. The van der Waals surface area contributed by atoms with E-state index in [1.54, 1.807) is 42.5 Å². The number of carboxylic acids is 1. The summed E-state index contributed by atoms with van der Waals surface area (Å²) in [6.45, 7) is 1.33. The predicted octanol–water partition coefficient (Wildman–Crippen LogP) is -0.426. The molecule has 0 atom stereocenters. The van der Waals surface area contributed by atoms with E-state index in [-0.39, 0.29) is 41.0 Å². The number of nitrogens with zero attached hydrogens (tertiary/aromatic N) is 1. The average molecular weight is 462 g/mol. The molecule has 2 aliphatic rings. The van der Waals surface area contributed by atoms with Gasteiger partial charge in [-0.15, -0.1) is 0 Å². The molecule has 2 aliphatic heterocycles. The van der Waals surface area contributed by atoms with E-state index >= 15 is 0 Å². The van der Waals surface area contributed by atoms with Crippen LogP contribution in [0.4, 0.5) is 11.4 Å². The Morgan fingerprint density at radius 3 is 2.29 bits per heavy atom. The molecule has 3 amide bonds. The quantitative estimate of drug-likeness (QED) is 0.417. The summed E-state index contributed by atoms with van der Waals surface area (Å²) in [6, 6.07) is 14.5. The Bertz CT molecular complexity index is 1450. The molecule has 0 spiro atoms. The molecule has 9 heteroatoms. The third-order valence-corrected chi connectivity index (χ3v) is 5.44. The first-order valence-corrected chi connectivity index (χ1v) is 9.98. The number of carbonyl (C=O) groups excluding carboxylic acids is 4. The van der Waals surface area contributed by atoms with Gasteiger partial charge in [0, 0.05) is 23.7 Å². The monoisotopic (exact) mass is 462 g/mol. The third-order valence-electron chi connectivity index (χ3n) is 5.44. The maximum absolute atomic E-state index is 12.8. The number of furan rings is 1. The fourth-order valence-electron chi connectivity index (χ4n) is 3.97. The van der Waals surface area contributed by atoms with E-state index in [9.17, 15) is 24.3 Å². The van der Waals surface area contributed by atoms with Crippen LogP contribution in [0.25, 0.3) is 23.3 Å². The topological polar surface area (TPSA) is 120 Å². The van der Waals surface area contributed by atoms with E-state index in [4.69, 9.17) is 4.42 Å². The van der Waals surface area contributed by atoms with Crippen LogP contribution in [0.1, 0.15) is 39.9 Å². The van der Waals surface area contributed by atoms with Crippen molar-refractivity contribution in [1.82, 2.24) is 0 Å². The van der Waals surface area contributed by atoms with Gasteiger partial charge in [0.25, 0.3) is 11.8 Å². The number of aromatic carboxylic acids is 1. The normalized spacial score (nSPS) is 16.3. The fourth-order valence-corrected chi connectivity index (χ4v) is 3.97. The second-order valence-electron chi connectivity index (χ2n) is 7.53. The molecule has 162 valence electrons. The van der Waals surface area contributed by atoms with Crippen molar-refractivity contribution in [3.8, 4) is 0 Å². The molecule has 3 heterocycles. The van der Waals surface area contributed by atoms with Gasteiger partial charge in [0.15, 0.2) is 0 Å². The number of hydrogen-bond acceptors (Lipinski definition) is 6. The molecule has 0 unspecified atom stereocenters. The van der Waals surface area contributed by atoms with E-state index in [0.29, 0.717) is 45.2 Å². The summed E-state index contributed by atoms with van der Waals surface area (Å²) in [5, 5.41) is 13.7. The van der Waals surface area contributed by atoms with Crippen molar-refractivity contribution < 1.29 is 58.3 Å². The number of rotatable bonds is 3. The van der Waals surface area contributed by atoms with Crippen LogP contribution >= 0.6 is 0 Å². The summed E-state index contributed by atoms with van der Waals surface area (Å²) in [5.41, 5.74) is 2.66. The van der Waals surface area contributed by atoms with Crippen molar-refractivity contribution in [3.63, 3.8) is 0 Å². The molecule has 0 bridgehead atoms. The summed E-state index contributed by atoms with van der Waals surface area (Å²) in [5.74, 6) is -1.81. The summed E-state index contributed by atoms with van der Waals surface area (Å²) in [7, 11) is 0. The fraction of sp³-hybridized carbons (Fsp3) is 0.0400. The molecule has 0 aliphatic carbocycles. The Balaban J connectivity index is 0.00000274. The van der Waals surface area contributed by atoms with Gasteiger partial charge in [0.05, 0.1) is 22.8 Å². The van der Waals surface area contributed by atoms with E-state index in [2.05, 4.69) is 5.32 Å². The summed E-state index contributed by atoms with van der Waals surface area (Å²) >= 11 is 0. The van der Waals surface area contributed by atoms with Gasteiger partial charge in [-0.25, -0.2) is 4.90 Å². The number of nitrogens with one attached hydrogen (secondary N) is 1. The molecular weight excluding hydrogens is 447 g/mol. The zero-order valence-corrected chi connectivity index (χ0v) is 20.2. The first-order valence-electron chi connectivity index (χ1n) is 9.98. The van der Waals surface area contributed by atoms with Crippen LogP contribution in [0.5, 0.6) is 0 Å². The van der Waals surface area contributed by atoms with Gasteiger partial charge in [-0.2, -0.15) is 0 Å². The number of fused-ring (bicyclic) bond motifs is 2. The number of para-hydroxylation sites is 1. The molecule has 5 rings (SSSR count). The first-order chi connectivity index (χ1) is 15.8. The number of carboxylic acid groups (broad SMARTS) is 1. The van der Waals surface area contributed by atoms with Gasteiger partial charge in [-0.3, -0.25) is 14.4 Å². The number of imide groups is 1. The van der Waals surface area contributed by atoms with E-state index in [1.807, 2.05) is 0 Å². The number of hydrogen-bond donors (Lipinski definition) is 1. The first kappa shape index (κ1) is 23.4. The maximum Gasteiger partial charge on any atom is 1.00 e. The van der Waals surface area contributed by atoms with Gasteiger partial charge in [-0.05, 0) is 42.0 Å². The van der Waals surface area contributed by atoms with Crippen LogP contribution in [0, 0.1) is 0 Å². The molecule has 34 heavy (non-hydrogen) atoms. The average Bonchev–Trinajstić information content (AvgIpc) is 3.43. The van der Waals surface area contributed by atoms with Crippen LogP contribution < -0.4 is 44.9 Å². The molecule has 8 nitrogen and oxygen atoms in total. The second-order valence-corrected chi connectivity index (χ2v) is 7.53. The second kappa shape index (κ2) is 8.90. The standard InChI is InChI=1S/C25H16N2O6.Na/c1-13(28)27-22-5-3-2-4-18(22)20(24(27)30)12-16-8-7-15(33-16)11-19-17-9-6-14(25(31)32)10-21(17)26-23(19)29;/h2-12H,1H3,(H,26,29)(H,31,32);/q;+1/p-1/b19-11+,20-12+;. The molecule has 0 radical (unpaired) electrons. The molecule has 0 saturated carbocycles. The smallest absolute Gasteiger partial charge is 0.545 e. The molecule has 1 aromatic heterocycles. The molecule has 3 aromatic rings. The van der Waals surface area contributed by atoms with E-state index in [1.165, 1.54) is 31.2 Å². The van der Waals surface area contributed by atoms with Crippen LogP contribution in [0.2, 0.25) is 0 Å². The Hall–Kier alpha value is -3.72. The molecule has 0 saturated heterocycles. The summed E-state index contributed by atoms with van der Waals surface area (Å²) in [6.07, 6.45) is 3.09. The molecular formula is C25H15N2NaO6. The van der Waals surface area contributed by atoms with E-state index < -0.39 is 17.8 Å². The minimum atomic E-state index is -1.33. The predicted molar refractivity (Wildman–Crippen MR) is 118 cm³/mol. The summed E-state index contributed by atoms with van der Waals surface area (Å²) in [4.78, 5) is 49.4. The van der Waals surface area contributed by atoms with Crippen LogP contribution in [0.3, 0.4) is 0 Å². The Kier molecular flexibility index (Phi) is 6.14. The summed E-state index contributed by atoms with van der Waals surface area (Å²) < 4.78 is 5.80.